The van der Waals surface area contributed by atoms with Crippen LogP contribution in [0.1, 0.15) is 38.2 Å². The molecule has 2 rings (SSSR count). The Morgan fingerprint density at radius 2 is 2.30 bits per heavy atom. The van der Waals surface area contributed by atoms with Crippen LogP contribution in [0.3, 0.4) is 0 Å². The lowest BCUT2D eigenvalue weighted by Crippen LogP contribution is -1.98. The van der Waals surface area contributed by atoms with Crippen LogP contribution >= 0.6 is 0 Å². The van der Waals surface area contributed by atoms with E-state index in [-0.39, 0.29) is 5.82 Å². The van der Waals surface area contributed by atoms with Gasteiger partial charge in [0.15, 0.2) is 11.6 Å². The fourth-order valence-corrected chi connectivity index (χ4v) is 2.54. The average molecular weight is 275 g/mol. The summed E-state index contributed by atoms with van der Waals surface area (Å²) in [5.41, 5.74) is 2.30. The average Bonchev–Trinajstić information content (AvgIpc) is 3.23. The van der Waals surface area contributed by atoms with Crippen LogP contribution < -0.4 is 4.74 Å². The molecule has 0 saturated heterocycles. The van der Waals surface area contributed by atoms with Crippen molar-refractivity contribution in [2.45, 2.75) is 32.6 Å². The van der Waals surface area contributed by atoms with Gasteiger partial charge in [0.25, 0.3) is 0 Å². The molecule has 2 atom stereocenters. The Bertz CT molecular complexity index is 522. The fraction of sp³-hybridized carbons (Fsp3) is 0.471. The van der Waals surface area contributed by atoms with Crippen molar-refractivity contribution < 1.29 is 9.13 Å². The van der Waals surface area contributed by atoms with E-state index in [1.165, 1.54) is 5.57 Å². The van der Waals surface area contributed by atoms with E-state index >= 15 is 0 Å². The van der Waals surface area contributed by atoms with Crippen LogP contribution in [0.4, 0.5) is 4.39 Å². The van der Waals surface area contributed by atoms with E-state index < -0.39 is 0 Å². The van der Waals surface area contributed by atoms with Gasteiger partial charge < -0.3 is 4.74 Å². The smallest absolute Gasteiger partial charge is 0.165 e. The lowest BCUT2D eigenvalue weighted by molar-refractivity contribution is 0.301. The van der Waals surface area contributed by atoms with Crippen molar-refractivity contribution >= 4 is 6.21 Å². The normalized spacial score (nSPS) is 22.3. The maximum Gasteiger partial charge on any atom is 0.165 e. The molecular weight excluding hydrogens is 253 g/mol. The zero-order valence-corrected chi connectivity index (χ0v) is 12.4. The minimum absolute atomic E-state index is 0.257. The van der Waals surface area contributed by atoms with Crippen molar-refractivity contribution in [3.05, 3.63) is 41.2 Å². The summed E-state index contributed by atoms with van der Waals surface area (Å²) in [7, 11) is 1.78. The number of hydrogen-bond acceptors (Lipinski definition) is 2. The van der Waals surface area contributed by atoms with E-state index in [1.54, 1.807) is 19.2 Å². The van der Waals surface area contributed by atoms with Gasteiger partial charge in [0.2, 0.25) is 0 Å². The van der Waals surface area contributed by atoms with Gasteiger partial charge in [-0.05, 0) is 54.9 Å². The second-order valence-electron chi connectivity index (χ2n) is 5.16. The second-order valence-corrected chi connectivity index (χ2v) is 5.16. The van der Waals surface area contributed by atoms with Gasteiger partial charge in [-0.2, -0.15) is 0 Å². The largest absolute Gasteiger partial charge is 0.491 e. The summed E-state index contributed by atoms with van der Waals surface area (Å²) < 4.78 is 19.3. The van der Waals surface area contributed by atoms with Crippen molar-refractivity contribution in [2.24, 2.45) is 10.9 Å². The van der Waals surface area contributed by atoms with Crippen LogP contribution in [0.5, 0.6) is 5.75 Å². The lowest BCUT2D eigenvalue weighted by atomic mass is 10.0. The molecule has 1 aromatic carbocycles. The topological polar surface area (TPSA) is 21.6 Å². The van der Waals surface area contributed by atoms with Gasteiger partial charge in [-0.15, -0.1) is 0 Å². The van der Waals surface area contributed by atoms with E-state index in [0.717, 1.165) is 18.4 Å². The van der Waals surface area contributed by atoms with Crippen LogP contribution in [0, 0.1) is 11.7 Å². The number of hydrogen-bond donors (Lipinski definition) is 0. The SMILES string of the molecule is C/C=C(\C=NC)C1CC1c1ccc(OCCC)c(F)c1. The molecule has 0 aromatic heterocycles. The van der Waals surface area contributed by atoms with E-state index in [0.29, 0.717) is 24.2 Å². The molecule has 2 unspecified atom stereocenters. The van der Waals surface area contributed by atoms with Gasteiger partial charge in [0.05, 0.1) is 6.61 Å². The number of ether oxygens (including phenoxy) is 1. The van der Waals surface area contributed by atoms with Gasteiger partial charge in [-0.25, -0.2) is 4.39 Å². The Morgan fingerprint density at radius 1 is 1.50 bits per heavy atom. The summed E-state index contributed by atoms with van der Waals surface area (Å²) in [4.78, 5) is 4.07. The summed E-state index contributed by atoms with van der Waals surface area (Å²) in [6, 6.07) is 5.35. The first-order valence-electron chi connectivity index (χ1n) is 7.21. The van der Waals surface area contributed by atoms with Crippen molar-refractivity contribution in [2.75, 3.05) is 13.7 Å². The van der Waals surface area contributed by atoms with Gasteiger partial charge >= 0.3 is 0 Å². The molecule has 1 aromatic rings. The van der Waals surface area contributed by atoms with Gasteiger partial charge in [-0.1, -0.05) is 19.1 Å². The van der Waals surface area contributed by atoms with Crippen molar-refractivity contribution in [3.63, 3.8) is 0 Å². The molecule has 0 amide bonds. The summed E-state index contributed by atoms with van der Waals surface area (Å²) in [5, 5.41) is 0. The molecule has 1 fully saturated rings. The predicted octanol–water partition coefficient (Wildman–Crippen LogP) is 4.36. The molecule has 0 N–H and O–H groups in total. The number of benzene rings is 1. The molecule has 0 radical (unpaired) electrons. The van der Waals surface area contributed by atoms with E-state index in [2.05, 4.69) is 11.1 Å². The third-order valence-electron chi connectivity index (χ3n) is 3.68. The minimum atomic E-state index is -0.257. The maximum atomic E-state index is 14.0. The Kier molecular flexibility index (Phi) is 4.94. The zero-order valence-electron chi connectivity index (χ0n) is 12.4. The van der Waals surface area contributed by atoms with E-state index in [1.807, 2.05) is 26.1 Å². The zero-order chi connectivity index (χ0) is 14.5. The third-order valence-corrected chi connectivity index (χ3v) is 3.68. The Hall–Kier alpha value is -1.64. The Balaban J connectivity index is 2.07. The number of allylic oxidation sites excluding steroid dienone is 2. The highest BCUT2D eigenvalue weighted by molar-refractivity contribution is 5.80. The molecule has 0 bridgehead atoms. The highest BCUT2D eigenvalue weighted by Gasteiger charge is 2.40. The second kappa shape index (κ2) is 6.69. The van der Waals surface area contributed by atoms with Crippen LogP contribution in [0.25, 0.3) is 0 Å². The Morgan fingerprint density at radius 3 is 2.90 bits per heavy atom. The molecule has 0 aliphatic heterocycles. The van der Waals surface area contributed by atoms with Crippen molar-refractivity contribution in [1.29, 1.82) is 0 Å². The van der Waals surface area contributed by atoms with Crippen LogP contribution in [-0.2, 0) is 0 Å². The number of rotatable bonds is 6. The molecule has 2 nitrogen and oxygen atoms in total. The standard InChI is InChI=1S/C17H22FNO/c1-4-8-20-17-7-6-13(9-16(17)18)15-10-14(15)12(5-2)11-19-3/h5-7,9,11,14-15H,4,8,10H2,1-3H3/b12-5+,19-11?. The van der Waals surface area contributed by atoms with Crippen molar-refractivity contribution in [3.8, 4) is 5.75 Å². The molecule has 108 valence electrons. The Labute approximate surface area is 120 Å². The summed E-state index contributed by atoms with van der Waals surface area (Å²) in [6.07, 6.45) is 5.94. The first-order chi connectivity index (χ1) is 9.71. The minimum Gasteiger partial charge on any atom is -0.491 e. The third kappa shape index (κ3) is 3.27. The first-order valence-corrected chi connectivity index (χ1v) is 7.21. The van der Waals surface area contributed by atoms with Crippen molar-refractivity contribution in [1.82, 2.24) is 0 Å². The molecule has 20 heavy (non-hydrogen) atoms. The first kappa shape index (κ1) is 14.8. The number of aliphatic imine (C=N–C) groups is 1. The van der Waals surface area contributed by atoms with Crippen LogP contribution in [-0.4, -0.2) is 19.9 Å². The van der Waals surface area contributed by atoms with E-state index in [4.69, 9.17) is 4.74 Å². The molecule has 0 heterocycles. The molecule has 1 aliphatic carbocycles. The van der Waals surface area contributed by atoms with Gasteiger partial charge in [0, 0.05) is 13.3 Å². The monoisotopic (exact) mass is 275 g/mol. The molecule has 0 spiro atoms. The summed E-state index contributed by atoms with van der Waals surface area (Å²) >= 11 is 0. The quantitative estimate of drug-likeness (QED) is 0.707. The summed E-state index contributed by atoms with van der Waals surface area (Å²) in [5.74, 6) is 0.987. The van der Waals surface area contributed by atoms with Crippen LogP contribution in [0.2, 0.25) is 0 Å². The molecular formula is C17H22FNO. The predicted molar refractivity (Wildman–Crippen MR) is 81.2 cm³/mol. The van der Waals surface area contributed by atoms with Gasteiger partial charge in [0.1, 0.15) is 0 Å². The lowest BCUT2D eigenvalue weighted by Gasteiger charge is -2.08. The molecule has 1 aliphatic rings. The highest BCUT2D eigenvalue weighted by atomic mass is 19.1. The molecule has 3 heteroatoms. The van der Waals surface area contributed by atoms with E-state index in [9.17, 15) is 4.39 Å². The van der Waals surface area contributed by atoms with Gasteiger partial charge in [-0.3, -0.25) is 4.99 Å². The fourth-order valence-electron chi connectivity index (χ4n) is 2.54. The van der Waals surface area contributed by atoms with Crippen LogP contribution in [0.15, 0.2) is 34.8 Å². The summed E-state index contributed by atoms with van der Waals surface area (Å²) in [6.45, 7) is 4.58. The number of nitrogens with zero attached hydrogens (tertiary/aromatic N) is 1. The maximum absolute atomic E-state index is 14.0. The molecule has 1 saturated carbocycles. The number of halogens is 1. The highest BCUT2D eigenvalue weighted by Crippen LogP contribution is 2.51.